The Balaban J connectivity index is 2.17. The fourth-order valence-corrected chi connectivity index (χ4v) is 5.58. The van der Waals surface area contributed by atoms with Crippen LogP contribution in [0.1, 0.15) is 60.1 Å². The topological polar surface area (TPSA) is 44.7 Å². The van der Waals surface area contributed by atoms with E-state index in [0.29, 0.717) is 0 Å². The molecule has 0 saturated carbocycles. The van der Waals surface area contributed by atoms with Crippen LogP contribution in [0, 0.1) is 27.7 Å². The van der Waals surface area contributed by atoms with E-state index < -0.39 is 0 Å². The molecular formula is C32H38O4. The van der Waals surface area contributed by atoms with Crippen LogP contribution >= 0.6 is 0 Å². The first-order valence-corrected chi connectivity index (χ1v) is 12.8. The normalized spacial score (nSPS) is 12.1. The molecule has 0 aliphatic rings. The van der Waals surface area contributed by atoms with Crippen LogP contribution in [0.15, 0.2) is 45.7 Å². The first-order chi connectivity index (χ1) is 17.4. The van der Waals surface area contributed by atoms with Gasteiger partial charge in [-0.05, 0) is 101 Å². The molecule has 0 saturated heterocycles. The number of furan rings is 2. The van der Waals surface area contributed by atoms with Gasteiger partial charge in [-0.25, -0.2) is 0 Å². The average molecular weight is 487 g/mol. The molecule has 0 bridgehead atoms. The molecule has 4 aromatic rings. The second-order valence-electron chi connectivity index (χ2n) is 9.48. The molecule has 4 nitrogen and oxygen atoms in total. The van der Waals surface area contributed by atoms with Gasteiger partial charge in [0.15, 0.2) is 22.7 Å². The quantitative estimate of drug-likeness (QED) is 0.221. The largest absolute Gasteiger partial charge is 0.493 e. The average Bonchev–Trinajstić information content (AvgIpc) is 3.43. The van der Waals surface area contributed by atoms with Gasteiger partial charge in [-0.1, -0.05) is 24.3 Å². The third kappa shape index (κ3) is 4.13. The number of methoxy groups -OCH3 is 2. The molecule has 0 spiro atoms. The SMILES string of the molecule is C/C=C/CCc1c(C)c(-c2c(C)c(CC/C=C/C)c(OC)c3occ(C)c23)c2c(C)coc2c1OC. The van der Waals surface area contributed by atoms with Crippen LogP contribution in [-0.2, 0) is 12.8 Å². The molecule has 0 N–H and O–H groups in total. The van der Waals surface area contributed by atoms with Crippen LogP contribution in [0.3, 0.4) is 0 Å². The predicted molar refractivity (Wildman–Crippen MR) is 150 cm³/mol. The molecule has 2 heterocycles. The first-order valence-electron chi connectivity index (χ1n) is 12.8. The Morgan fingerprint density at radius 1 is 0.667 bits per heavy atom. The number of allylic oxidation sites excluding steroid dienone is 4. The number of hydrogen-bond acceptors (Lipinski definition) is 4. The maximum Gasteiger partial charge on any atom is 0.176 e. The van der Waals surface area contributed by atoms with Gasteiger partial charge in [0.1, 0.15) is 0 Å². The summed E-state index contributed by atoms with van der Waals surface area (Å²) in [5.41, 5.74) is 11.1. The van der Waals surface area contributed by atoms with E-state index in [0.717, 1.165) is 70.2 Å². The minimum absolute atomic E-state index is 0.811. The third-order valence-corrected chi connectivity index (χ3v) is 7.32. The molecule has 0 atom stereocenters. The standard InChI is InChI=1S/C32H38O4/c1-9-11-13-15-23-21(5)27(25-19(3)17-35-31(25)29(23)33-7)28-22(6)24(16-14-12-10-2)30(34-8)32-26(28)20(4)18-36-32/h9-12,17-18H,13-16H2,1-8H3/b11-9+,12-10+. The second kappa shape index (κ2) is 10.7. The molecule has 0 fully saturated rings. The van der Waals surface area contributed by atoms with E-state index in [2.05, 4.69) is 65.8 Å². The Morgan fingerprint density at radius 3 is 1.39 bits per heavy atom. The van der Waals surface area contributed by atoms with E-state index in [1.54, 1.807) is 14.2 Å². The van der Waals surface area contributed by atoms with Gasteiger partial charge in [-0.3, -0.25) is 0 Å². The van der Waals surface area contributed by atoms with Crippen LogP contribution in [-0.4, -0.2) is 14.2 Å². The fraction of sp³-hybridized carbons (Fsp3) is 0.375. The van der Waals surface area contributed by atoms with Crippen molar-refractivity contribution in [3.8, 4) is 22.6 Å². The van der Waals surface area contributed by atoms with Crippen LogP contribution in [0.25, 0.3) is 33.1 Å². The lowest BCUT2D eigenvalue weighted by Gasteiger charge is -2.22. The van der Waals surface area contributed by atoms with Gasteiger partial charge in [0.05, 0.1) is 26.7 Å². The summed E-state index contributed by atoms with van der Waals surface area (Å²) in [4.78, 5) is 0. The van der Waals surface area contributed by atoms with Crippen molar-refractivity contribution in [2.45, 2.75) is 67.2 Å². The summed E-state index contributed by atoms with van der Waals surface area (Å²) in [7, 11) is 3.47. The Morgan fingerprint density at radius 2 is 1.06 bits per heavy atom. The van der Waals surface area contributed by atoms with Gasteiger partial charge in [0.25, 0.3) is 0 Å². The molecule has 0 radical (unpaired) electrons. The number of ether oxygens (including phenoxy) is 2. The maximum atomic E-state index is 6.15. The Bertz CT molecular complexity index is 1350. The van der Waals surface area contributed by atoms with Crippen molar-refractivity contribution in [1.29, 1.82) is 0 Å². The summed E-state index contributed by atoms with van der Waals surface area (Å²) in [6.07, 6.45) is 15.9. The number of aryl methyl sites for hydroxylation is 2. The van der Waals surface area contributed by atoms with E-state index in [1.165, 1.54) is 33.4 Å². The molecular weight excluding hydrogens is 448 g/mol. The highest BCUT2D eigenvalue weighted by Crippen LogP contribution is 2.50. The minimum atomic E-state index is 0.811. The predicted octanol–water partition coefficient (Wildman–Crippen LogP) is 9.11. The van der Waals surface area contributed by atoms with Gasteiger partial charge in [-0.15, -0.1) is 0 Å². The molecule has 0 unspecified atom stereocenters. The van der Waals surface area contributed by atoms with E-state index in [1.807, 2.05) is 12.5 Å². The van der Waals surface area contributed by atoms with Crippen LogP contribution in [0.4, 0.5) is 0 Å². The lowest BCUT2D eigenvalue weighted by atomic mass is 9.83. The zero-order chi connectivity index (χ0) is 26.0. The summed E-state index contributed by atoms with van der Waals surface area (Å²) in [6.45, 7) is 12.8. The number of rotatable bonds is 9. The Kier molecular flexibility index (Phi) is 7.63. The monoisotopic (exact) mass is 486 g/mol. The molecule has 2 aromatic carbocycles. The zero-order valence-corrected chi connectivity index (χ0v) is 22.9. The lowest BCUT2D eigenvalue weighted by molar-refractivity contribution is 0.404. The van der Waals surface area contributed by atoms with Gasteiger partial charge in [0.2, 0.25) is 0 Å². The molecule has 190 valence electrons. The lowest BCUT2D eigenvalue weighted by Crippen LogP contribution is -2.04. The first kappa shape index (κ1) is 25.7. The number of benzene rings is 2. The van der Waals surface area contributed by atoms with Crippen molar-refractivity contribution in [3.63, 3.8) is 0 Å². The van der Waals surface area contributed by atoms with Crippen molar-refractivity contribution < 1.29 is 18.3 Å². The molecule has 4 heteroatoms. The van der Waals surface area contributed by atoms with Crippen molar-refractivity contribution in [2.75, 3.05) is 14.2 Å². The summed E-state index contributed by atoms with van der Waals surface area (Å²) in [5.74, 6) is 1.67. The van der Waals surface area contributed by atoms with Crippen molar-refractivity contribution in [3.05, 3.63) is 70.2 Å². The molecule has 0 amide bonds. The zero-order valence-electron chi connectivity index (χ0n) is 22.9. The Hall–Kier alpha value is -3.40. The van der Waals surface area contributed by atoms with Crippen LogP contribution < -0.4 is 9.47 Å². The molecule has 36 heavy (non-hydrogen) atoms. The highest BCUT2D eigenvalue weighted by molar-refractivity contribution is 6.11. The summed E-state index contributed by atoms with van der Waals surface area (Å²) in [5, 5.41) is 2.21. The second-order valence-corrected chi connectivity index (χ2v) is 9.48. The highest BCUT2D eigenvalue weighted by Gasteiger charge is 2.28. The Labute approximate surface area is 214 Å². The van der Waals surface area contributed by atoms with Gasteiger partial charge in [0, 0.05) is 21.9 Å². The fourth-order valence-electron chi connectivity index (χ4n) is 5.58. The van der Waals surface area contributed by atoms with E-state index in [-0.39, 0.29) is 0 Å². The maximum absolute atomic E-state index is 6.15. The van der Waals surface area contributed by atoms with Gasteiger partial charge in [-0.2, -0.15) is 0 Å². The van der Waals surface area contributed by atoms with Crippen molar-refractivity contribution in [1.82, 2.24) is 0 Å². The van der Waals surface area contributed by atoms with E-state index in [4.69, 9.17) is 18.3 Å². The number of hydrogen-bond donors (Lipinski definition) is 0. The summed E-state index contributed by atoms with van der Waals surface area (Å²) >= 11 is 0. The van der Waals surface area contributed by atoms with Gasteiger partial charge >= 0.3 is 0 Å². The van der Waals surface area contributed by atoms with Crippen LogP contribution in [0.2, 0.25) is 0 Å². The molecule has 4 rings (SSSR count). The van der Waals surface area contributed by atoms with Gasteiger partial charge < -0.3 is 18.3 Å². The third-order valence-electron chi connectivity index (χ3n) is 7.32. The molecule has 0 aliphatic carbocycles. The van der Waals surface area contributed by atoms with E-state index >= 15 is 0 Å². The molecule has 2 aromatic heterocycles. The summed E-state index contributed by atoms with van der Waals surface area (Å²) < 4.78 is 24.2. The minimum Gasteiger partial charge on any atom is -0.493 e. The van der Waals surface area contributed by atoms with Crippen molar-refractivity contribution >= 4 is 21.9 Å². The molecule has 0 aliphatic heterocycles. The van der Waals surface area contributed by atoms with Crippen molar-refractivity contribution in [2.24, 2.45) is 0 Å². The number of fused-ring (bicyclic) bond motifs is 2. The highest BCUT2D eigenvalue weighted by atomic mass is 16.5. The van der Waals surface area contributed by atoms with Crippen LogP contribution in [0.5, 0.6) is 11.5 Å². The summed E-state index contributed by atoms with van der Waals surface area (Å²) in [6, 6.07) is 0. The smallest absolute Gasteiger partial charge is 0.176 e. The van der Waals surface area contributed by atoms with E-state index in [9.17, 15) is 0 Å².